The quantitative estimate of drug-likeness (QED) is 0.570. The van der Waals surface area contributed by atoms with Crippen molar-refractivity contribution in [2.45, 2.75) is 89.4 Å². The van der Waals surface area contributed by atoms with Crippen molar-refractivity contribution in [2.75, 3.05) is 20.6 Å². The van der Waals surface area contributed by atoms with Gasteiger partial charge in [-0.1, -0.05) is 37.3 Å². The Balaban J connectivity index is 1.53. The summed E-state index contributed by atoms with van der Waals surface area (Å²) in [5.41, 5.74) is 3.46. The van der Waals surface area contributed by atoms with Crippen LogP contribution in [-0.2, 0) is 20.8 Å². The van der Waals surface area contributed by atoms with E-state index in [1.54, 1.807) is 4.90 Å². The molecule has 2 N–H and O–H groups in total. The lowest BCUT2D eigenvalue weighted by atomic mass is 9.87. The van der Waals surface area contributed by atoms with Gasteiger partial charge in [-0.05, 0) is 95.0 Å². The molecular formula is C29H42N4O3. The fourth-order valence-electron chi connectivity index (χ4n) is 5.81. The predicted molar refractivity (Wildman–Crippen MR) is 141 cm³/mol. The molecule has 4 rings (SSSR count). The minimum Gasteiger partial charge on any atom is -0.347 e. The molecule has 0 unspecified atom stereocenters. The van der Waals surface area contributed by atoms with Gasteiger partial charge in [-0.25, -0.2) is 0 Å². The smallest absolute Gasteiger partial charge is 0.250 e. The Morgan fingerprint density at radius 3 is 2.58 bits per heavy atom. The molecule has 5 atom stereocenters. The molecule has 1 aromatic rings. The first-order chi connectivity index (χ1) is 17.3. The third-order valence-electron chi connectivity index (χ3n) is 8.17. The van der Waals surface area contributed by atoms with Crippen LogP contribution in [0.25, 0.3) is 0 Å². The number of hydrogen-bond acceptors (Lipinski definition) is 4. The number of allylic oxidation sites excluding steroid dienone is 1. The van der Waals surface area contributed by atoms with Crippen LogP contribution in [0.2, 0.25) is 0 Å². The zero-order chi connectivity index (χ0) is 25.8. The zero-order valence-electron chi connectivity index (χ0n) is 22.3. The van der Waals surface area contributed by atoms with E-state index in [9.17, 15) is 14.4 Å². The molecule has 3 amide bonds. The van der Waals surface area contributed by atoms with Crippen LogP contribution in [-0.4, -0.2) is 66.3 Å². The van der Waals surface area contributed by atoms with Crippen molar-refractivity contribution in [3.8, 4) is 0 Å². The van der Waals surface area contributed by atoms with Gasteiger partial charge in [0.05, 0.1) is 12.1 Å². The molecular weight excluding hydrogens is 452 g/mol. The van der Waals surface area contributed by atoms with Gasteiger partial charge in [-0.15, -0.1) is 0 Å². The minimum atomic E-state index is -0.712. The second-order valence-corrected chi connectivity index (χ2v) is 11.1. The minimum absolute atomic E-state index is 0.0206. The van der Waals surface area contributed by atoms with E-state index in [-0.39, 0.29) is 35.7 Å². The van der Waals surface area contributed by atoms with E-state index in [4.69, 9.17) is 0 Å². The molecule has 0 aromatic heterocycles. The molecule has 7 nitrogen and oxygen atoms in total. The van der Waals surface area contributed by atoms with Crippen molar-refractivity contribution in [1.29, 1.82) is 0 Å². The monoisotopic (exact) mass is 494 g/mol. The summed E-state index contributed by atoms with van der Waals surface area (Å²) >= 11 is 0. The van der Waals surface area contributed by atoms with E-state index in [1.165, 1.54) is 11.1 Å². The number of hydrogen-bond donors (Lipinski definition) is 2. The number of fused-ring (bicyclic) bond motifs is 1. The Kier molecular flexibility index (Phi) is 8.50. The van der Waals surface area contributed by atoms with E-state index in [2.05, 4.69) is 35.8 Å². The van der Waals surface area contributed by atoms with Gasteiger partial charge in [0.25, 0.3) is 0 Å². The number of likely N-dealkylation sites (N-methyl/N-ethyl adjacent to an activating group) is 1. The van der Waals surface area contributed by atoms with Crippen LogP contribution in [0.1, 0.15) is 76.0 Å². The fourth-order valence-corrected chi connectivity index (χ4v) is 5.81. The molecule has 0 bridgehead atoms. The number of amides is 3. The lowest BCUT2D eigenvalue weighted by Crippen LogP contribution is -2.56. The van der Waals surface area contributed by atoms with E-state index < -0.39 is 12.1 Å². The molecule has 2 aliphatic carbocycles. The van der Waals surface area contributed by atoms with Crippen molar-refractivity contribution in [2.24, 2.45) is 5.92 Å². The lowest BCUT2D eigenvalue weighted by molar-refractivity contribution is -0.141. The molecule has 0 saturated carbocycles. The van der Waals surface area contributed by atoms with Gasteiger partial charge in [0.1, 0.15) is 12.1 Å². The van der Waals surface area contributed by atoms with Gasteiger partial charge in [-0.3, -0.25) is 19.3 Å². The molecule has 1 aliphatic heterocycles. The van der Waals surface area contributed by atoms with Gasteiger partial charge < -0.3 is 15.5 Å². The normalized spacial score (nSPS) is 25.5. The van der Waals surface area contributed by atoms with Gasteiger partial charge in [-0.2, -0.15) is 0 Å². The highest BCUT2D eigenvalue weighted by Crippen LogP contribution is 2.32. The highest BCUT2D eigenvalue weighted by molar-refractivity contribution is 5.95. The van der Waals surface area contributed by atoms with E-state index in [0.29, 0.717) is 13.0 Å². The molecule has 1 heterocycles. The zero-order valence-corrected chi connectivity index (χ0v) is 22.3. The van der Waals surface area contributed by atoms with Crippen molar-refractivity contribution in [3.63, 3.8) is 0 Å². The third-order valence-corrected chi connectivity index (χ3v) is 8.17. The summed E-state index contributed by atoms with van der Waals surface area (Å²) in [6.45, 7) is 4.45. The number of rotatable bonds is 7. The summed E-state index contributed by atoms with van der Waals surface area (Å²) in [6, 6.07) is 6.71. The number of likely N-dealkylation sites (tertiary alicyclic amines) is 1. The van der Waals surface area contributed by atoms with Gasteiger partial charge >= 0.3 is 0 Å². The number of benzene rings is 1. The van der Waals surface area contributed by atoms with Crippen LogP contribution < -0.4 is 10.6 Å². The Bertz CT molecular complexity index is 1000. The molecule has 1 aromatic carbocycles. The SMILES string of the molecule is C[C@H]1C[C@@H](C(=O)N[C@@H]2CCCc3ccccc32)N(C(=O)[C@@H](NC(=O)[C@H](C)N(C)C)C2=CCCCC2)C1. The largest absolute Gasteiger partial charge is 0.347 e. The predicted octanol–water partition coefficient (Wildman–Crippen LogP) is 3.35. The van der Waals surface area contributed by atoms with Gasteiger partial charge in [0, 0.05) is 6.54 Å². The summed E-state index contributed by atoms with van der Waals surface area (Å²) in [5, 5.41) is 6.31. The lowest BCUT2D eigenvalue weighted by Gasteiger charge is -2.33. The summed E-state index contributed by atoms with van der Waals surface area (Å²) in [4.78, 5) is 44.1. The average molecular weight is 495 g/mol. The molecule has 0 spiro atoms. The number of nitrogens with zero attached hydrogens (tertiary/aromatic N) is 2. The van der Waals surface area contributed by atoms with Crippen LogP contribution in [0.3, 0.4) is 0 Å². The number of nitrogens with one attached hydrogen (secondary N) is 2. The topological polar surface area (TPSA) is 81.8 Å². The molecule has 196 valence electrons. The van der Waals surface area contributed by atoms with Crippen LogP contribution in [0.15, 0.2) is 35.9 Å². The maximum absolute atomic E-state index is 14.0. The summed E-state index contributed by atoms with van der Waals surface area (Å²) in [5.74, 6) is -0.188. The second kappa shape index (κ2) is 11.6. The highest BCUT2D eigenvalue weighted by atomic mass is 16.2. The fraction of sp³-hybridized carbons (Fsp3) is 0.621. The Labute approximate surface area is 215 Å². The Morgan fingerprint density at radius 2 is 1.86 bits per heavy atom. The molecule has 3 aliphatic rings. The molecule has 1 saturated heterocycles. The second-order valence-electron chi connectivity index (χ2n) is 11.1. The van der Waals surface area contributed by atoms with Crippen LogP contribution in [0, 0.1) is 5.92 Å². The summed E-state index contributed by atoms with van der Waals surface area (Å²) in [7, 11) is 3.71. The Morgan fingerprint density at radius 1 is 1.08 bits per heavy atom. The van der Waals surface area contributed by atoms with Gasteiger partial charge in [0.15, 0.2) is 0 Å². The molecule has 0 radical (unpaired) electrons. The molecule has 1 fully saturated rings. The van der Waals surface area contributed by atoms with Crippen LogP contribution in [0.4, 0.5) is 0 Å². The highest BCUT2D eigenvalue weighted by Gasteiger charge is 2.42. The summed E-state index contributed by atoms with van der Waals surface area (Å²) < 4.78 is 0. The number of aryl methyl sites for hydroxylation is 1. The number of carbonyl (C=O) groups excluding carboxylic acids is 3. The first-order valence-electron chi connectivity index (χ1n) is 13.6. The van der Waals surface area contributed by atoms with Crippen molar-refractivity contribution in [1.82, 2.24) is 20.4 Å². The van der Waals surface area contributed by atoms with Gasteiger partial charge in [0.2, 0.25) is 17.7 Å². The Hall–Kier alpha value is -2.67. The van der Waals surface area contributed by atoms with Crippen molar-refractivity contribution >= 4 is 17.7 Å². The standard InChI is InChI=1S/C29H42N4O3/c1-19-17-25(28(35)30-24-16-10-14-21-11-8-9-15-23(21)24)33(18-19)29(36)26(22-12-6-5-7-13-22)31-27(34)20(2)32(3)4/h8-9,11-12,15,19-20,24-26H,5-7,10,13-14,16-18H2,1-4H3,(H,30,35)(H,31,34)/t19-,20-,24+,25-,26-/m0/s1. The first kappa shape index (κ1) is 26.4. The van der Waals surface area contributed by atoms with E-state index in [0.717, 1.165) is 50.5 Å². The maximum Gasteiger partial charge on any atom is 0.250 e. The van der Waals surface area contributed by atoms with Crippen molar-refractivity contribution in [3.05, 3.63) is 47.0 Å². The van der Waals surface area contributed by atoms with Crippen LogP contribution in [0.5, 0.6) is 0 Å². The van der Waals surface area contributed by atoms with E-state index >= 15 is 0 Å². The third kappa shape index (κ3) is 5.83. The number of carbonyl (C=O) groups is 3. The molecule has 36 heavy (non-hydrogen) atoms. The van der Waals surface area contributed by atoms with Crippen LogP contribution >= 0.6 is 0 Å². The first-order valence-corrected chi connectivity index (χ1v) is 13.6. The maximum atomic E-state index is 14.0. The average Bonchev–Trinajstić information content (AvgIpc) is 3.28. The molecule has 7 heteroatoms. The van der Waals surface area contributed by atoms with E-state index in [1.807, 2.05) is 38.1 Å². The van der Waals surface area contributed by atoms with Crippen molar-refractivity contribution < 1.29 is 14.4 Å². The summed E-state index contributed by atoms with van der Waals surface area (Å²) in [6.07, 6.45) is 9.56.